The van der Waals surface area contributed by atoms with Crippen LogP contribution in [0.4, 0.5) is 5.69 Å². The first-order valence-corrected chi connectivity index (χ1v) is 6.71. The van der Waals surface area contributed by atoms with Gasteiger partial charge in [-0.25, -0.2) is 0 Å². The number of rotatable bonds is 5. The first-order chi connectivity index (χ1) is 8.43. The van der Waals surface area contributed by atoms with Crippen LogP contribution in [0.25, 0.3) is 0 Å². The Balaban J connectivity index is 2.61. The summed E-state index contributed by atoms with van der Waals surface area (Å²) in [6, 6.07) is 3.82. The lowest BCUT2D eigenvalue weighted by Crippen LogP contribution is -2.35. The number of halogens is 1. The zero-order chi connectivity index (χ0) is 13.7. The molecule has 0 spiro atoms. The van der Waals surface area contributed by atoms with Crippen LogP contribution >= 0.6 is 15.9 Å². The van der Waals surface area contributed by atoms with Crippen molar-refractivity contribution < 1.29 is 9.53 Å². The molecule has 0 heterocycles. The van der Waals surface area contributed by atoms with Crippen molar-refractivity contribution in [1.29, 1.82) is 0 Å². The summed E-state index contributed by atoms with van der Waals surface area (Å²) in [7, 11) is 0. The van der Waals surface area contributed by atoms with Crippen LogP contribution in [-0.2, 0) is 4.79 Å². The number of nitrogen functional groups attached to an aromatic ring is 1. The molecule has 1 rings (SSSR count). The van der Waals surface area contributed by atoms with E-state index in [1.54, 1.807) is 6.07 Å². The maximum atomic E-state index is 11.6. The fraction of sp³-hybridized carbons (Fsp3) is 0.462. The van der Waals surface area contributed by atoms with Gasteiger partial charge in [-0.3, -0.25) is 4.79 Å². The third kappa shape index (κ3) is 4.22. The van der Waals surface area contributed by atoms with Crippen LogP contribution in [-0.4, -0.2) is 18.6 Å². The van der Waals surface area contributed by atoms with E-state index in [0.717, 1.165) is 16.5 Å². The summed E-state index contributed by atoms with van der Waals surface area (Å²) >= 11 is 3.35. The number of carbonyl (C=O) groups excluding carboxylic acids is 1. The summed E-state index contributed by atoms with van der Waals surface area (Å²) < 4.78 is 6.37. The minimum atomic E-state index is -0.133. The third-order valence-electron chi connectivity index (χ3n) is 2.64. The number of aryl methyl sites for hydroxylation is 1. The second-order valence-electron chi connectivity index (χ2n) is 4.31. The number of hydrogen-bond acceptors (Lipinski definition) is 3. The summed E-state index contributed by atoms with van der Waals surface area (Å²) in [5.74, 6) is 0.434. The molecule has 3 N–H and O–H groups in total. The van der Waals surface area contributed by atoms with E-state index in [1.807, 2.05) is 26.8 Å². The quantitative estimate of drug-likeness (QED) is 0.821. The van der Waals surface area contributed by atoms with Gasteiger partial charge in [0.2, 0.25) is 0 Å². The zero-order valence-electron chi connectivity index (χ0n) is 10.9. The van der Waals surface area contributed by atoms with Gasteiger partial charge in [0.1, 0.15) is 5.75 Å². The smallest absolute Gasteiger partial charge is 0.258 e. The van der Waals surface area contributed by atoms with Gasteiger partial charge in [-0.1, -0.05) is 22.9 Å². The van der Waals surface area contributed by atoms with E-state index in [0.29, 0.717) is 11.4 Å². The number of nitrogens with two attached hydrogens (primary N) is 1. The minimum absolute atomic E-state index is 0.0169. The molecule has 1 aromatic carbocycles. The van der Waals surface area contributed by atoms with Crippen molar-refractivity contribution in [3.63, 3.8) is 0 Å². The predicted octanol–water partition coefficient (Wildman–Crippen LogP) is 2.63. The molecule has 0 aliphatic rings. The first-order valence-electron chi connectivity index (χ1n) is 5.91. The van der Waals surface area contributed by atoms with Crippen LogP contribution in [0, 0.1) is 6.92 Å². The molecule has 1 unspecified atom stereocenters. The maximum Gasteiger partial charge on any atom is 0.258 e. The second kappa shape index (κ2) is 6.64. The van der Waals surface area contributed by atoms with Crippen molar-refractivity contribution >= 4 is 27.5 Å². The summed E-state index contributed by atoms with van der Waals surface area (Å²) in [5.41, 5.74) is 7.28. The molecule has 0 aliphatic heterocycles. The molecule has 1 amide bonds. The molecular weight excluding hydrogens is 296 g/mol. The number of nitrogens with one attached hydrogen (secondary N) is 1. The molecule has 0 bridgehead atoms. The second-order valence-corrected chi connectivity index (χ2v) is 5.22. The van der Waals surface area contributed by atoms with Crippen molar-refractivity contribution in [1.82, 2.24) is 5.32 Å². The number of amides is 1. The number of carbonyl (C=O) groups is 1. The highest BCUT2D eigenvalue weighted by atomic mass is 79.9. The van der Waals surface area contributed by atoms with Gasteiger partial charge in [-0.2, -0.15) is 0 Å². The van der Waals surface area contributed by atoms with Crippen LogP contribution in [0.1, 0.15) is 25.8 Å². The van der Waals surface area contributed by atoms with Crippen molar-refractivity contribution in [3.05, 3.63) is 22.2 Å². The molecule has 0 aliphatic carbocycles. The Kier molecular flexibility index (Phi) is 5.47. The van der Waals surface area contributed by atoms with Gasteiger partial charge in [-0.05, 0) is 38.0 Å². The summed E-state index contributed by atoms with van der Waals surface area (Å²) in [5, 5.41) is 2.84. The van der Waals surface area contributed by atoms with Gasteiger partial charge in [0.15, 0.2) is 6.61 Å². The van der Waals surface area contributed by atoms with Crippen molar-refractivity contribution in [2.45, 2.75) is 33.2 Å². The Morgan fingerprint density at radius 1 is 1.56 bits per heavy atom. The van der Waals surface area contributed by atoms with Crippen LogP contribution in [0.2, 0.25) is 0 Å². The molecule has 0 saturated carbocycles. The number of benzene rings is 1. The van der Waals surface area contributed by atoms with Crippen molar-refractivity contribution in [2.24, 2.45) is 0 Å². The maximum absolute atomic E-state index is 11.6. The first kappa shape index (κ1) is 14.8. The molecule has 1 aromatic rings. The van der Waals surface area contributed by atoms with E-state index in [-0.39, 0.29) is 18.6 Å². The Morgan fingerprint density at radius 2 is 2.22 bits per heavy atom. The van der Waals surface area contributed by atoms with E-state index in [2.05, 4.69) is 21.2 Å². The van der Waals surface area contributed by atoms with Crippen molar-refractivity contribution in [3.8, 4) is 5.75 Å². The highest BCUT2D eigenvalue weighted by molar-refractivity contribution is 9.10. The van der Waals surface area contributed by atoms with Gasteiger partial charge in [0, 0.05) is 10.5 Å². The van der Waals surface area contributed by atoms with Gasteiger partial charge in [0.05, 0.1) is 5.69 Å². The van der Waals surface area contributed by atoms with Crippen LogP contribution in [0.15, 0.2) is 16.6 Å². The summed E-state index contributed by atoms with van der Waals surface area (Å²) in [6.45, 7) is 5.85. The Hall–Kier alpha value is -1.23. The average molecular weight is 315 g/mol. The Bertz CT molecular complexity index is 412. The van der Waals surface area contributed by atoms with Gasteiger partial charge in [0.25, 0.3) is 5.91 Å². The van der Waals surface area contributed by atoms with E-state index >= 15 is 0 Å². The van der Waals surface area contributed by atoms with E-state index < -0.39 is 0 Å². The monoisotopic (exact) mass is 314 g/mol. The molecular formula is C13H19BrN2O2. The lowest BCUT2D eigenvalue weighted by atomic mass is 10.2. The summed E-state index contributed by atoms with van der Waals surface area (Å²) in [4.78, 5) is 11.6. The van der Waals surface area contributed by atoms with E-state index in [9.17, 15) is 4.79 Å². The topological polar surface area (TPSA) is 64.3 Å². The normalized spacial score (nSPS) is 12.0. The molecule has 18 heavy (non-hydrogen) atoms. The van der Waals surface area contributed by atoms with Crippen LogP contribution in [0.3, 0.4) is 0 Å². The van der Waals surface area contributed by atoms with Crippen LogP contribution < -0.4 is 15.8 Å². The summed E-state index contributed by atoms with van der Waals surface area (Å²) in [6.07, 6.45) is 0.894. The largest absolute Gasteiger partial charge is 0.481 e. The zero-order valence-corrected chi connectivity index (χ0v) is 12.5. The highest BCUT2D eigenvalue weighted by Crippen LogP contribution is 2.29. The average Bonchev–Trinajstić information content (AvgIpc) is 2.27. The van der Waals surface area contributed by atoms with Crippen LogP contribution in [0.5, 0.6) is 5.75 Å². The number of hydrogen-bond donors (Lipinski definition) is 2. The molecule has 0 aromatic heterocycles. The standard InChI is InChI=1S/C13H19BrN2O2/c1-4-9(3)16-12(17)7-18-13-8(2)5-10(14)6-11(13)15/h5-6,9H,4,7,15H2,1-3H3,(H,16,17). The van der Waals surface area contributed by atoms with Gasteiger partial charge < -0.3 is 15.8 Å². The van der Waals surface area contributed by atoms with E-state index in [4.69, 9.17) is 10.5 Å². The fourth-order valence-electron chi connectivity index (χ4n) is 1.51. The SMILES string of the molecule is CCC(C)NC(=O)COc1c(C)cc(Br)cc1N. The molecule has 5 heteroatoms. The Labute approximate surface area is 116 Å². The lowest BCUT2D eigenvalue weighted by molar-refractivity contribution is -0.123. The number of anilines is 1. The Morgan fingerprint density at radius 3 is 2.78 bits per heavy atom. The third-order valence-corrected chi connectivity index (χ3v) is 3.09. The highest BCUT2D eigenvalue weighted by Gasteiger charge is 2.10. The molecule has 1 atom stereocenters. The van der Waals surface area contributed by atoms with Gasteiger partial charge in [-0.15, -0.1) is 0 Å². The van der Waals surface area contributed by atoms with Gasteiger partial charge >= 0.3 is 0 Å². The molecule has 100 valence electrons. The molecule has 4 nitrogen and oxygen atoms in total. The molecule has 0 saturated heterocycles. The molecule has 0 fully saturated rings. The van der Waals surface area contributed by atoms with E-state index in [1.165, 1.54) is 0 Å². The number of ether oxygens (including phenoxy) is 1. The fourth-order valence-corrected chi connectivity index (χ4v) is 2.10. The minimum Gasteiger partial charge on any atom is -0.481 e. The molecule has 0 radical (unpaired) electrons. The predicted molar refractivity (Wildman–Crippen MR) is 76.7 cm³/mol. The van der Waals surface area contributed by atoms with Crippen molar-refractivity contribution in [2.75, 3.05) is 12.3 Å². The lowest BCUT2D eigenvalue weighted by Gasteiger charge is -2.14.